The van der Waals surface area contributed by atoms with Crippen molar-refractivity contribution in [3.05, 3.63) is 96.4 Å². The Morgan fingerprint density at radius 1 is 0.971 bits per heavy atom. The second kappa shape index (κ2) is 10.5. The van der Waals surface area contributed by atoms with Crippen molar-refractivity contribution in [2.45, 2.75) is 20.1 Å². The van der Waals surface area contributed by atoms with E-state index in [0.29, 0.717) is 33.2 Å². The van der Waals surface area contributed by atoms with Crippen molar-refractivity contribution >= 4 is 69.7 Å². The third kappa shape index (κ3) is 5.82. The summed E-state index contributed by atoms with van der Waals surface area (Å²) in [6, 6.07) is 13.3. The number of rotatable bonds is 7. The van der Waals surface area contributed by atoms with Crippen molar-refractivity contribution in [3.63, 3.8) is 0 Å². The van der Waals surface area contributed by atoms with E-state index >= 15 is 0 Å². The fourth-order valence-corrected chi connectivity index (χ4v) is 4.35. The SMILES string of the molecule is Cc1cc(NC(=O)c2ccc(COc3c(Cl)cc(Cl)cc3Cl)o2)nn1Cc1ccc(Cl)c(Cl)c1. The molecule has 0 aliphatic heterocycles. The summed E-state index contributed by atoms with van der Waals surface area (Å²) >= 11 is 30.2. The average molecular weight is 560 g/mol. The van der Waals surface area contributed by atoms with Crippen molar-refractivity contribution in [2.75, 3.05) is 5.32 Å². The lowest BCUT2D eigenvalue weighted by atomic mass is 10.2. The molecular formula is C23H16Cl5N3O3. The molecule has 0 aliphatic rings. The zero-order valence-corrected chi connectivity index (χ0v) is 21.3. The Labute approximate surface area is 220 Å². The van der Waals surface area contributed by atoms with Crippen LogP contribution < -0.4 is 10.1 Å². The first kappa shape index (κ1) is 24.8. The van der Waals surface area contributed by atoms with Gasteiger partial charge in [-0.3, -0.25) is 9.48 Å². The summed E-state index contributed by atoms with van der Waals surface area (Å²) in [6.45, 7) is 2.37. The van der Waals surface area contributed by atoms with Crippen LogP contribution in [-0.2, 0) is 13.2 Å². The molecule has 0 saturated heterocycles. The Balaban J connectivity index is 1.39. The number of benzene rings is 2. The highest BCUT2D eigenvalue weighted by atomic mass is 35.5. The van der Waals surface area contributed by atoms with Crippen LogP contribution in [0.4, 0.5) is 5.82 Å². The van der Waals surface area contributed by atoms with Gasteiger partial charge in [-0.2, -0.15) is 5.10 Å². The van der Waals surface area contributed by atoms with E-state index in [0.717, 1.165) is 11.3 Å². The summed E-state index contributed by atoms with van der Waals surface area (Å²) in [4.78, 5) is 12.6. The molecule has 6 nitrogen and oxygen atoms in total. The lowest BCUT2D eigenvalue weighted by Crippen LogP contribution is -2.12. The zero-order chi connectivity index (χ0) is 24.4. The van der Waals surface area contributed by atoms with Gasteiger partial charge in [0.05, 0.1) is 26.6 Å². The van der Waals surface area contributed by atoms with E-state index in [4.69, 9.17) is 67.2 Å². The molecule has 0 bridgehead atoms. The van der Waals surface area contributed by atoms with Crippen LogP contribution in [-0.4, -0.2) is 15.7 Å². The van der Waals surface area contributed by atoms with E-state index in [1.807, 2.05) is 13.0 Å². The molecule has 0 saturated carbocycles. The summed E-state index contributed by atoms with van der Waals surface area (Å²) in [5.74, 6) is 0.722. The second-order valence-corrected chi connectivity index (χ2v) is 9.35. The second-order valence-electron chi connectivity index (χ2n) is 7.28. The molecule has 4 rings (SSSR count). The largest absolute Gasteiger partial charge is 0.483 e. The van der Waals surface area contributed by atoms with Crippen molar-refractivity contribution in [2.24, 2.45) is 0 Å². The highest BCUT2D eigenvalue weighted by molar-refractivity contribution is 6.42. The van der Waals surface area contributed by atoms with Crippen molar-refractivity contribution in [1.82, 2.24) is 9.78 Å². The van der Waals surface area contributed by atoms with Crippen LogP contribution in [0, 0.1) is 6.92 Å². The van der Waals surface area contributed by atoms with Gasteiger partial charge in [-0.15, -0.1) is 0 Å². The molecule has 1 N–H and O–H groups in total. The molecule has 0 atom stereocenters. The molecule has 34 heavy (non-hydrogen) atoms. The van der Waals surface area contributed by atoms with Crippen LogP contribution >= 0.6 is 58.0 Å². The summed E-state index contributed by atoms with van der Waals surface area (Å²) in [5, 5.41) is 9.06. The number of aryl methyl sites for hydroxylation is 1. The number of ether oxygens (including phenoxy) is 1. The van der Waals surface area contributed by atoms with Crippen LogP contribution in [0.25, 0.3) is 0 Å². The van der Waals surface area contributed by atoms with Gasteiger partial charge in [0, 0.05) is 16.8 Å². The maximum Gasteiger partial charge on any atom is 0.292 e. The number of anilines is 1. The number of halogens is 5. The maximum absolute atomic E-state index is 12.6. The number of hydrogen-bond donors (Lipinski definition) is 1. The fraction of sp³-hybridized carbons (Fsp3) is 0.130. The van der Waals surface area contributed by atoms with Crippen LogP contribution in [0.3, 0.4) is 0 Å². The van der Waals surface area contributed by atoms with Crippen molar-refractivity contribution in [3.8, 4) is 5.75 Å². The number of carbonyl (C=O) groups excluding carboxylic acids is 1. The highest BCUT2D eigenvalue weighted by Gasteiger charge is 2.16. The molecular weight excluding hydrogens is 544 g/mol. The molecule has 0 unspecified atom stereocenters. The Kier molecular flexibility index (Phi) is 7.65. The topological polar surface area (TPSA) is 69.3 Å². The van der Waals surface area contributed by atoms with Gasteiger partial charge in [0.2, 0.25) is 0 Å². The molecule has 0 fully saturated rings. The van der Waals surface area contributed by atoms with Gasteiger partial charge in [-0.05, 0) is 48.9 Å². The third-order valence-electron chi connectivity index (χ3n) is 4.75. The van der Waals surface area contributed by atoms with Gasteiger partial charge in [0.1, 0.15) is 12.4 Å². The summed E-state index contributed by atoms with van der Waals surface area (Å²) in [6.07, 6.45) is 0. The Morgan fingerprint density at radius 3 is 2.41 bits per heavy atom. The predicted molar refractivity (Wildman–Crippen MR) is 135 cm³/mol. The number of nitrogens with zero attached hydrogens (tertiary/aromatic N) is 2. The molecule has 1 amide bonds. The standard InChI is InChI=1S/C23H16Cl5N3O3/c1-12-6-21(30-31(12)10-13-2-4-16(25)17(26)7-13)29-23(32)20-5-3-15(34-20)11-33-22-18(27)8-14(24)9-19(22)28/h2-9H,10-11H2,1H3,(H,29,30,32). The first-order valence-corrected chi connectivity index (χ1v) is 11.7. The number of carbonyl (C=O) groups is 1. The Hall–Kier alpha value is -2.35. The van der Waals surface area contributed by atoms with Crippen molar-refractivity contribution < 1.29 is 13.9 Å². The monoisotopic (exact) mass is 557 g/mol. The van der Waals surface area contributed by atoms with E-state index < -0.39 is 5.91 Å². The fourth-order valence-electron chi connectivity index (χ4n) is 3.11. The quantitative estimate of drug-likeness (QED) is 0.250. The van der Waals surface area contributed by atoms with Gasteiger partial charge < -0.3 is 14.5 Å². The third-order valence-corrected chi connectivity index (χ3v) is 6.27. The minimum atomic E-state index is -0.451. The lowest BCUT2D eigenvalue weighted by Gasteiger charge is -2.09. The molecule has 4 aromatic rings. The van der Waals surface area contributed by atoms with Crippen LogP contribution in [0.15, 0.2) is 52.9 Å². The number of nitrogens with one attached hydrogen (secondary N) is 1. The van der Waals surface area contributed by atoms with E-state index in [-0.39, 0.29) is 28.2 Å². The Morgan fingerprint density at radius 2 is 1.71 bits per heavy atom. The molecule has 0 spiro atoms. The van der Waals surface area contributed by atoms with Crippen LogP contribution in [0.1, 0.15) is 27.6 Å². The zero-order valence-electron chi connectivity index (χ0n) is 17.5. The van der Waals surface area contributed by atoms with E-state index in [2.05, 4.69) is 10.4 Å². The average Bonchev–Trinajstić information content (AvgIpc) is 3.37. The predicted octanol–water partition coefficient (Wildman–Crippen LogP) is 7.93. The molecule has 0 aliphatic carbocycles. The van der Waals surface area contributed by atoms with Gasteiger partial charge in [0.15, 0.2) is 17.3 Å². The van der Waals surface area contributed by atoms with Crippen LogP contribution in [0.2, 0.25) is 25.1 Å². The number of hydrogen-bond acceptors (Lipinski definition) is 4. The normalized spacial score (nSPS) is 11.0. The molecule has 2 aromatic carbocycles. The molecule has 0 radical (unpaired) electrons. The summed E-state index contributed by atoms with van der Waals surface area (Å²) in [7, 11) is 0. The van der Waals surface area contributed by atoms with E-state index in [1.165, 1.54) is 12.1 Å². The summed E-state index contributed by atoms with van der Waals surface area (Å²) < 4.78 is 13.0. The van der Waals surface area contributed by atoms with E-state index in [1.54, 1.807) is 35.0 Å². The van der Waals surface area contributed by atoms with E-state index in [9.17, 15) is 4.79 Å². The van der Waals surface area contributed by atoms with Gasteiger partial charge >= 0.3 is 0 Å². The Bertz CT molecular complexity index is 1340. The number of furan rings is 1. The smallest absolute Gasteiger partial charge is 0.292 e. The van der Waals surface area contributed by atoms with Crippen LogP contribution in [0.5, 0.6) is 5.75 Å². The molecule has 2 heterocycles. The molecule has 176 valence electrons. The minimum absolute atomic E-state index is 0.0196. The lowest BCUT2D eigenvalue weighted by molar-refractivity contribution is 0.0992. The highest BCUT2D eigenvalue weighted by Crippen LogP contribution is 2.36. The summed E-state index contributed by atoms with van der Waals surface area (Å²) in [5.41, 5.74) is 1.78. The van der Waals surface area contributed by atoms with Gasteiger partial charge in [0.25, 0.3) is 5.91 Å². The molecule has 11 heteroatoms. The number of amides is 1. The van der Waals surface area contributed by atoms with Gasteiger partial charge in [-0.1, -0.05) is 64.1 Å². The first-order chi connectivity index (χ1) is 16.2. The first-order valence-electron chi connectivity index (χ1n) is 9.85. The maximum atomic E-state index is 12.6. The number of aromatic nitrogens is 2. The van der Waals surface area contributed by atoms with Crippen molar-refractivity contribution in [1.29, 1.82) is 0 Å². The molecule has 2 aromatic heterocycles. The minimum Gasteiger partial charge on any atom is -0.483 e. The van der Waals surface area contributed by atoms with Gasteiger partial charge in [-0.25, -0.2) is 0 Å².